The van der Waals surface area contributed by atoms with E-state index in [4.69, 9.17) is 9.26 Å². The number of anilines is 2. The molecular weight excluding hydrogens is 406 g/mol. The molecule has 0 radical (unpaired) electrons. The van der Waals surface area contributed by atoms with Crippen LogP contribution in [0.3, 0.4) is 0 Å². The Balaban J connectivity index is 1.49. The van der Waals surface area contributed by atoms with Gasteiger partial charge in [-0.1, -0.05) is 5.16 Å². The highest BCUT2D eigenvalue weighted by Crippen LogP contribution is 2.23. The molecule has 3 aromatic heterocycles. The van der Waals surface area contributed by atoms with E-state index in [1.165, 1.54) is 11.8 Å². The largest absolute Gasteiger partial charge is 0.485 e. The van der Waals surface area contributed by atoms with E-state index >= 15 is 0 Å². The summed E-state index contributed by atoms with van der Waals surface area (Å²) in [6, 6.07) is 8.77. The molecule has 3 aromatic rings. The number of carbonyl (C=O) groups excluding carboxylic acids is 2. The van der Waals surface area contributed by atoms with Gasteiger partial charge in [-0.15, -0.1) is 11.8 Å². The van der Waals surface area contributed by atoms with Crippen LogP contribution in [0.25, 0.3) is 0 Å². The van der Waals surface area contributed by atoms with Gasteiger partial charge in [0.2, 0.25) is 11.8 Å². The maximum Gasteiger partial charge on any atom is 0.238 e. The van der Waals surface area contributed by atoms with Crippen LogP contribution >= 0.6 is 11.8 Å². The van der Waals surface area contributed by atoms with Crippen LogP contribution < -0.4 is 15.4 Å². The molecule has 0 aromatic carbocycles. The van der Waals surface area contributed by atoms with Crippen molar-refractivity contribution in [3.8, 4) is 5.75 Å². The minimum absolute atomic E-state index is 0.0762. The fourth-order valence-electron chi connectivity index (χ4n) is 2.34. The third-order valence-corrected chi connectivity index (χ3v) is 5.03. The van der Waals surface area contributed by atoms with Crippen LogP contribution in [0, 0.1) is 6.92 Å². The number of rotatable bonds is 9. The molecule has 0 aliphatic rings. The fourth-order valence-corrected chi connectivity index (χ4v) is 3.02. The minimum Gasteiger partial charge on any atom is -0.485 e. The topological polar surface area (TPSA) is 119 Å². The normalized spacial score (nSPS) is 11.5. The van der Waals surface area contributed by atoms with Crippen LogP contribution in [0.5, 0.6) is 5.75 Å². The summed E-state index contributed by atoms with van der Waals surface area (Å²) in [5, 5.41) is 8.63. The highest BCUT2D eigenvalue weighted by atomic mass is 32.2. The second kappa shape index (κ2) is 10.4. The second-order valence-corrected chi connectivity index (χ2v) is 7.64. The van der Waals surface area contributed by atoms with Crippen LogP contribution in [0.15, 0.2) is 53.4 Å². The average Bonchev–Trinajstić information content (AvgIpc) is 3.16. The molecule has 10 heteroatoms. The quantitative estimate of drug-likeness (QED) is 0.535. The van der Waals surface area contributed by atoms with Crippen molar-refractivity contribution in [1.82, 2.24) is 15.1 Å². The molecule has 0 fully saturated rings. The van der Waals surface area contributed by atoms with Gasteiger partial charge in [-0.25, -0.2) is 4.98 Å². The Kier molecular flexibility index (Phi) is 7.39. The molecule has 0 spiro atoms. The van der Waals surface area contributed by atoms with Crippen LogP contribution in [0.2, 0.25) is 0 Å². The molecule has 0 saturated carbocycles. The Morgan fingerprint density at radius 2 is 2.00 bits per heavy atom. The molecule has 9 nitrogen and oxygen atoms in total. The van der Waals surface area contributed by atoms with Crippen molar-refractivity contribution in [2.75, 3.05) is 16.4 Å². The second-order valence-electron chi connectivity index (χ2n) is 6.31. The third-order valence-electron chi connectivity index (χ3n) is 3.89. The fraction of sp³-hybridized carbons (Fsp3) is 0.250. The zero-order chi connectivity index (χ0) is 21.3. The van der Waals surface area contributed by atoms with Crippen molar-refractivity contribution < 1.29 is 18.8 Å². The van der Waals surface area contributed by atoms with Gasteiger partial charge in [-0.2, -0.15) is 0 Å². The van der Waals surface area contributed by atoms with Gasteiger partial charge in [-0.3, -0.25) is 14.6 Å². The van der Waals surface area contributed by atoms with E-state index in [-0.39, 0.29) is 17.6 Å². The number of amides is 2. The summed E-state index contributed by atoms with van der Waals surface area (Å²) < 4.78 is 10.7. The minimum atomic E-state index is -0.459. The number of pyridine rings is 2. The first-order chi connectivity index (χ1) is 14.5. The third kappa shape index (κ3) is 6.31. The zero-order valence-corrected chi connectivity index (χ0v) is 17.3. The maximum atomic E-state index is 12.3. The van der Waals surface area contributed by atoms with E-state index in [2.05, 4.69) is 25.8 Å². The Morgan fingerprint density at radius 3 is 2.73 bits per heavy atom. The summed E-state index contributed by atoms with van der Waals surface area (Å²) >= 11 is 1.20. The van der Waals surface area contributed by atoms with E-state index in [1.807, 2.05) is 12.1 Å². The number of hydrogen-bond donors (Lipinski definition) is 2. The molecule has 0 bridgehead atoms. The van der Waals surface area contributed by atoms with Gasteiger partial charge in [-0.05, 0) is 43.7 Å². The first-order valence-corrected chi connectivity index (χ1v) is 10.2. The number of thioether (sulfide) groups is 1. The van der Waals surface area contributed by atoms with Crippen molar-refractivity contribution in [3.63, 3.8) is 0 Å². The van der Waals surface area contributed by atoms with E-state index in [0.717, 1.165) is 5.56 Å². The maximum absolute atomic E-state index is 12.3. The molecule has 1 unspecified atom stereocenters. The van der Waals surface area contributed by atoms with Crippen LogP contribution in [-0.2, 0) is 16.2 Å². The molecule has 30 heavy (non-hydrogen) atoms. The molecule has 0 aliphatic heterocycles. The molecule has 0 saturated heterocycles. The zero-order valence-electron chi connectivity index (χ0n) is 16.5. The lowest BCUT2D eigenvalue weighted by atomic mass is 10.3. The molecule has 3 heterocycles. The Hall–Kier alpha value is -3.40. The number of nitrogens with one attached hydrogen (secondary N) is 2. The number of nitrogens with zero attached hydrogens (tertiary/aromatic N) is 3. The molecule has 0 aliphatic carbocycles. The number of carbonyl (C=O) groups is 2. The van der Waals surface area contributed by atoms with Crippen LogP contribution in [0.1, 0.15) is 18.2 Å². The van der Waals surface area contributed by atoms with Crippen LogP contribution in [-0.4, -0.2) is 37.9 Å². The Bertz CT molecular complexity index is 996. The smallest absolute Gasteiger partial charge is 0.238 e. The van der Waals surface area contributed by atoms with Crippen molar-refractivity contribution in [2.45, 2.75) is 25.7 Å². The Morgan fingerprint density at radius 1 is 1.20 bits per heavy atom. The first kappa shape index (κ1) is 21.3. The predicted molar refractivity (Wildman–Crippen MR) is 113 cm³/mol. The van der Waals surface area contributed by atoms with Crippen molar-refractivity contribution >= 4 is 35.2 Å². The van der Waals surface area contributed by atoms with E-state index < -0.39 is 5.25 Å². The van der Waals surface area contributed by atoms with Crippen molar-refractivity contribution in [2.24, 2.45) is 0 Å². The summed E-state index contributed by atoms with van der Waals surface area (Å²) in [6.45, 7) is 3.77. The van der Waals surface area contributed by atoms with Crippen LogP contribution in [0.4, 0.5) is 11.6 Å². The van der Waals surface area contributed by atoms with Gasteiger partial charge in [0.25, 0.3) is 0 Å². The van der Waals surface area contributed by atoms with E-state index in [9.17, 15) is 9.59 Å². The van der Waals surface area contributed by atoms with E-state index in [0.29, 0.717) is 29.8 Å². The van der Waals surface area contributed by atoms with Gasteiger partial charge in [0, 0.05) is 24.7 Å². The summed E-state index contributed by atoms with van der Waals surface area (Å²) in [6.07, 6.45) is 4.93. The lowest BCUT2D eigenvalue weighted by Gasteiger charge is -2.13. The predicted octanol–water partition coefficient (Wildman–Crippen LogP) is 3.05. The SMILES string of the molecule is Cc1cc(NC(=O)C(C)SCC(=O)Nc2ncccc2OCc2ccncc2)no1. The van der Waals surface area contributed by atoms with Crippen molar-refractivity contribution in [3.05, 3.63) is 60.2 Å². The number of aryl methyl sites for hydroxylation is 1. The Labute approximate surface area is 177 Å². The number of ether oxygens (including phenoxy) is 1. The van der Waals surface area contributed by atoms with Gasteiger partial charge in [0.15, 0.2) is 17.4 Å². The average molecular weight is 427 g/mol. The lowest BCUT2D eigenvalue weighted by molar-refractivity contribution is -0.115. The molecule has 156 valence electrons. The molecule has 1 atom stereocenters. The standard InChI is InChI=1S/C20H21N5O4S/c1-13-10-17(25-29-13)23-20(27)14(2)30-12-18(26)24-19-16(4-3-7-22-19)28-11-15-5-8-21-9-6-15/h3-10,14H,11-12H2,1-2H3,(H,22,24,26)(H,23,25,27). The summed E-state index contributed by atoms with van der Waals surface area (Å²) in [5.74, 6) is 1.25. The lowest BCUT2D eigenvalue weighted by Crippen LogP contribution is -2.25. The molecular formula is C20H21N5O4S. The molecule has 2 N–H and O–H groups in total. The summed E-state index contributed by atoms with van der Waals surface area (Å²) in [7, 11) is 0. The highest BCUT2D eigenvalue weighted by molar-refractivity contribution is 8.01. The molecule has 3 rings (SSSR count). The number of aromatic nitrogens is 3. The summed E-state index contributed by atoms with van der Waals surface area (Å²) in [4.78, 5) is 32.7. The number of hydrogen-bond acceptors (Lipinski definition) is 8. The first-order valence-electron chi connectivity index (χ1n) is 9.13. The monoisotopic (exact) mass is 427 g/mol. The highest BCUT2D eigenvalue weighted by Gasteiger charge is 2.17. The summed E-state index contributed by atoms with van der Waals surface area (Å²) in [5.41, 5.74) is 0.948. The van der Waals surface area contributed by atoms with Gasteiger partial charge in [0.1, 0.15) is 12.4 Å². The molecule has 2 amide bonds. The van der Waals surface area contributed by atoms with Gasteiger partial charge in [0.05, 0.1) is 11.0 Å². The van der Waals surface area contributed by atoms with Crippen molar-refractivity contribution in [1.29, 1.82) is 0 Å². The van der Waals surface area contributed by atoms with E-state index in [1.54, 1.807) is 50.6 Å². The van der Waals surface area contributed by atoms with Gasteiger partial charge < -0.3 is 19.9 Å². The van der Waals surface area contributed by atoms with Gasteiger partial charge >= 0.3 is 0 Å².